The summed E-state index contributed by atoms with van der Waals surface area (Å²) >= 11 is 3.35. The number of rotatable bonds is 2. The predicted octanol–water partition coefficient (Wildman–Crippen LogP) is 2.57. The van der Waals surface area contributed by atoms with Crippen LogP contribution >= 0.6 is 15.9 Å². The van der Waals surface area contributed by atoms with Gasteiger partial charge >= 0.3 is 0 Å². The molecule has 21 heavy (non-hydrogen) atoms. The zero-order valence-corrected chi connectivity index (χ0v) is 13.4. The fourth-order valence-corrected chi connectivity index (χ4v) is 3.14. The van der Waals surface area contributed by atoms with Gasteiger partial charge in [0, 0.05) is 34.0 Å². The minimum Gasteiger partial charge on any atom is -0.398 e. The highest BCUT2D eigenvalue weighted by molar-refractivity contribution is 9.10. The Hall–Kier alpha value is -1.82. The quantitative estimate of drug-likeness (QED) is 0.819. The summed E-state index contributed by atoms with van der Waals surface area (Å²) in [6, 6.07) is 5.25. The number of nitrogen functional groups attached to an aromatic ring is 1. The third-order valence-corrected chi connectivity index (χ3v) is 4.63. The summed E-state index contributed by atoms with van der Waals surface area (Å²) < 4.78 is 2.63. The van der Waals surface area contributed by atoms with E-state index in [9.17, 15) is 4.79 Å². The molecule has 0 aliphatic heterocycles. The van der Waals surface area contributed by atoms with Crippen molar-refractivity contribution in [2.24, 2.45) is 7.05 Å². The highest BCUT2D eigenvalue weighted by Gasteiger charge is 2.25. The number of halogens is 1. The molecule has 0 fully saturated rings. The predicted molar refractivity (Wildman–Crippen MR) is 84.9 cm³/mol. The lowest BCUT2D eigenvalue weighted by molar-refractivity contribution is 0.0932. The van der Waals surface area contributed by atoms with E-state index in [-0.39, 0.29) is 11.9 Å². The summed E-state index contributed by atoms with van der Waals surface area (Å²) in [5.74, 6) is -0.0857. The number of nitrogens with one attached hydrogen (secondary N) is 1. The SMILES string of the molecule is Cn1ncc2c1CCCC2NC(=O)c1ccc(N)c(Br)c1. The van der Waals surface area contributed by atoms with E-state index >= 15 is 0 Å². The third-order valence-electron chi connectivity index (χ3n) is 3.94. The molecule has 3 rings (SSSR count). The summed E-state index contributed by atoms with van der Waals surface area (Å²) in [7, 11) is 1.94. The Bertz CT molecular complexity index is 695. The van der Waals surface area contributed by atoms with Crippen LogP contribution < -0.4 is 11.1 Å². The molecule has 3 N–H and O–H groups in total. The normalized spacial score (nSPS) is 17.3. The minimum absolute atomic E-state index is 0.0336. The number of nitrogens with two attached hydrogens (primary N) is 1. The van der Waals surface area contributed by atoms with Crippen molar-refractivity contribution in [3.63, 3.8) is 0 Å². The maximum atomic E-state index is 12.4. The zero-order valence-electron chi connectivity index (χ0n) is 11.8. The Balaban J connectivity index is 1.81. The van der Waals surface area contributed by atoms with Crippen LogP contribution in [-0.2, 0) is 13.5 Å². The number of carbonyl (C=O) groups is 1. The van der Waals surface area contributed by atoms with Crippen LogP contribution in [0.5, 0.6) is 0 Å². The Labute approximate surface area is 131 Å². The Morgan fingerprint density at radius 2 is 2.33 bits per heavy atom. The van der Waals surface area contributed by atoms with E-state index in [0.717, 1.165) is 29.3 Å². The van der Waals surface area contributed by atoms with Crippen LogP contribution in [-0.4, -0.2) is 15.7 Å². The van der Waals surface area contributed by atoms with Crippen molar-refractivity contribution in [3.8, 4) is 0 Å². The van der Waals surface area contributed by atoms with Crippen LogP contribution in [0.15, 0.2) is 28.9 Å². The zero-order chi connectivity index (χ0) is 15.0. The molecule has 6 heteroatoms. The highest BCUT2D eigenvalue weighted by Crippen LogP contribution is 2.29. The molecule has 2 aromatic rings. The summed E-state index contributed by atoms with van der Waals surface area (Å²) in [5, 5.41) is 7.39. The average molecular weight is 349 g/mol. The van der Waals surface area contributed by atoms with E-state index in [2.05, 4.69) is 26.3 Å². The molecule has 1 aromatic carbocycles. The van der Waals surface area contributed by atoms with Gasteiger partial charge in [0.25, 0.3) is 5.91 Å². The van der Waals surface area contributed by atoms with Gasteiger partial charge in [-0.2, -0.15) is 5.10 Å². The fraction of sp³-hybridized carbons (Fsp3) is 0.333. The molecule has 0 saturated carbocycles. The second-order valence-corrected chi connectivity index (χ2v) is 6.18. The first kappa shape index (κ1) is 14.1. The van der Waals surface area contributed by atoms with Crippen LogP contribution in [0.3, 0.4) is 0 Å². The van der Waals surface area contributed by atoms with Crippen molar-refractivity contribution in [3.05, 3.63) is 45.7 Å². The van der Waals surface area contributed by atoms with Crippen molar-refractivity contribution in [2.45, 2.75) is 25.3 Å². The van der Waals surface area contributed by atoms with Crippen molar-refractivity contribution >= 4 is 27.5 Å². The molecule has 1 heterocycles. The number of carbonyl (C=O) groups excluding carboxylic acids is 1. The molecule has 1 aliphatic rings. The Morgan fingerprint density at radius 3 is 3.10 bits per heavy atom. The monoisotopic (exact) mass is 348 g/mol. The smallest absolute Gasteiger partial charge is 0.251 e. The van der Waals surface area contributed by atoms with Crippen molar-refractivity contribution in [1.29, 1.82) is 0 Å². The summed E-state index contributed by atoms with van der Waals surface area (Å²) in [5.41, 5.74) is 9.32. The molecule has 0 spiro atoms. The summed E-state index contributed by atoms with van der Waals surface area (Å²) in [6.45, 7) is 0. The molecule has 0 radical (unpaired) electrons. The number of hydrogen-bond acceptors (Lipinski definition) is 3. The van der Waals surface area contributed by atoms with E-state index in [1.807, 2.05) is 17.9 Å². The number of fused-ring (bicyclic) bond motifs is 1. The largest absolute Gasteiger partial charge is 0.398 e. The maximum Gasteiger partial charge on any atom is 0.251 e. The van der Waals surface area contributed by atoms with Gasteiger partial charge in [-0.15, -0.1) is 0 Å². The summed E-state index contributed by atoms with van der Waals surface area (Å²) in [6.07, 6.45) is 4.88. The van der Waals surface area contributed by atoms with Crippen LogP contribution in [0.25, 0.3) is 0 Å². The molecule has 1 unspecified atom stereocenters. The summed E-state index contributed by atoms with van der Waals surface area (Å²) in [4.78, 5) is 12.4. The van der Waals surface area contributed by atoms with E-state index in [1.165, 1.54) is 5.69 Å². The number of aromatic nitrogens is 2. The number of aryl methyl sites for hydroxylation is 1. The highest BCUT2D eigenvalue weighted by atomic mass is 79.9. The molecular weight excluding hydrogens is 332 g/mol. The van der Waals surface area contributed by atoms with Crippen LogP contribution in [0.4, 0.5) is 5.69 Å². The van der Waals surface area contributed by atoms with E-state index < -0.39 is 0 Å². The van der Waals surface area contributed by atoms with Gasteiger partial charge < -0.3 is 11.1 Å². The molecule has 0 bridgehead atoms. The molecule has 0 saturated heterocycles. The van der Waals surface area contributed by atoms with Crippen LogP contribution in [0.1, 0.15) is 40.5 Å². The minimum atomic E-state index is -0.0857. The van der Waals surface area contributed by atoms with Gasteiger partial charge in [0.1, 0.15) is 0 Å². The number of amides is 1. The number of nitrogens with zero attached hydrogens (tertiary/aromatic N) is 2. The lowest BCUT2D eigenvalue weighted by atomic mass is 9.93. The van der Waals surface area contributed by atoms with E-state index in [0.29, 0.717) is 11.3 Å². The molecule has 1 atom stereocenters. The maximum absolute atomic E-state index is 12.4. The third kappa shape index (κ3) is 2.68. The number of benzene rings is 1. The second kappa shape index (κ2) is 5.52. The molecule has 110 valence electrons. The average Bonchev–Trinajstić information content (AvgIpc) is 2.85. The molecule has 1 aromatic heterocycles. The second-order valence-electron chi connectivity index (χ2n) is 5.32. The molecule has 5 nitrogen and oxygen atoms in total. The van der Waals surface area contributed by atoms with Gasteiger partial charge in [-0.3, -0.25) is 9.48 Å². The van der Waals surface area contributed by atoms with Crippen LogP contribution in [0, 0.1) is 0 Å². The van der Waals surface area contributed by atoms with Gasteiger partial charge in [-0.25, -0.2) is 0 Å². The molecule has 1 aliphatic carbocycles. The lowest BCUT2D eigenvalue weighted by Crippen LogP contribution is -2.31. The van der Waals surface area contributed by atoms with E-state index in [1.54, 1.807) is 18.2 Å². The number of hydrogen-bond donors (Lipinski definition) is 2. The standard InChI is InChI=1S/C15H17BrN4O/c1-20-14-4-2-3-13(10(14)8-18-20)19-15(21)9-5-6-12(17)11(16)7-9/h5-8,13H,2-4,17H2,1H3,(H,19,21). The van der Waals surface area contributed by atoms with Gasteiger partial charge in [0.2, 0.25) is 0 Å². The number of anilines is 1. The van der Waals surface area contributed by atoms with Crippen molar-refractivity contribution in [2.75, 3.05) is 5.73 Å². The van der Waals surface area contributed by atoms with E-state index in [4.69, 9.17) is 5.73 Å². The van der Waals surface area contributed by atoms with Crippen molar-refractivity contribution < 1.29 is 4.79 Å². The Kier molecular flexibility index (Phi) is 3.71. The van der Waals surface area contributed by atoms with Crippen molar-refractivity contribution in [1.82, 2.24) is 15.1 Å². The van der Waals surface area contributed by atoms with Gasteiger partial charge in [0.05, 0.1) is 12.2 Å². The van der Waals surface area contributed by atoms with Crippen LogP contribution in [0.2, 0.25) is 0 Å². The fourth-order valence-electron chi connectivity index (χ4n) is 2.77. The molecular formula is C15H17BrN4O. The van der Waals surface area contributed by atoms with Gasteiger partial charge in [-0.1, -0.05) is 0 Å². The van der Waals surface area contributed by atoms with Gasteiger partial charge in [0.15, 0.2) is 0 Å². The topological polar surface area (TPSA) is 72.9 Å². The first-order valence-electron chi connectivity index (χ1n) is 6.93. The first-order valence-corrected chi connectivity index (χ1v) is 7.72. The Morgan fingerprint density at radius 1 is 1.52 bits per heavy atom. The molecule has 1 amide bonds. The lowest BCUT2D eigenvalue weighted by Gasteiger charge is -2.24. The first-order chi connectivity index (χ1) is 10.1. The van der Waals surface area contributed by atoms with Gasteiger partial charge in [-0.05, 0) is 53.4 Å².